The second-order valence-corrected chi connectivity index (χ2v) is 3.83. The molecule has 0 unspecified atom stereocenters. The number of aryl methyl sites for hydroxylation is 1. The highest BCUT2D eigenvalue weighted by Gasteiger charge is 2.03. The Bertz CT molecular complexity index is 509. The molecule has 3 nitrogen and oxygen atoms in total. The van der Waals surface area contributed by atoms with Crippen LogP contribution in [-0.4, -0.2) is 18.6 Å². The number of benzene rings is 1. The summed E-state index contributed by atoms with van der Waals surface area (Å²) in [5.41, 5.74) is 8.85. The third-order valence-corrected chi connectivity index (χ3v) is 2.73. The van der Waals surface area contributed by atoms with Crippen LogP contribution in [0.3, 0.4) is 0 Å². The number of aromatic nitrogens is 1. The highest BCUT2D eigenvalue weighted by Crippen LogP contribution is 2.21. The van der Waals surface area contributed by atoms with Gasteiger partial charge in [-0.2, -0.15) is 0 Å². The highest BCUT2D eigenvalue weighted by molar-refractivity contribution is 5.81. The van der Waals surface area contributed by atoms with E-state index in [1.54, 1.807) is 7.11 Å². The van der Waals surface area contributed by atoms with Crippen LogP contribution in [0.2, 0.25) is 0 Å². The van der Waals surface area contributed by atoms with Crippen molar-refractivity contribution in [2.24, 2.45) is 5.73 Å². The summed E-state index contributed by atoms with van der Waals surface area (Å²) in [5, 5.41) is 1.11. The number of ether oxygens (including phenoxy) is 1. The van der Waals surface area contributed by atoms with Gasteiger partial charge in [-0.3, -0.25) is 4.98 Å². The Balaban J connectivity index is 2.56. The second-order valence-electron chi connectivity index (χ2n) is 3.83. The van der Waals surface area contributed by atoms with Gasteiger partial charge >= 0.3 is 0 Å². The zero-order valence-corrected chi connectivity index (χ0v) is 9.66. The van der Waals surface area contributed by atoms with Gasteiger partial charge < -0.3 is 10.5 Å². The largest absolute Gasteiger partial charge is 0.497 e. The fourth-order valence-corrected chi connectivity index (χ4v) is 1.83. The average Bonchev–Trinajstić information content (AvgIpc) is 2.30. The molecular formula is C13H16N2O. The maximum absolute atomic E-state index is 5.58. The van der Waals surface area contributed by atoms with Gasteiger partial charge in [-0.1, -0.05) is 0 Å². The van der Waals surface area contributed by atoms with E-state index in [9.17, 15) is 0 Å². The number of rotatable bonds is 3. The van der Waals surface area contributed by atoms with Crippen LogP contribution in [0.4, 0.5) is 0 Å². The predicted octanol–water partition coefficient (Wildman–Crippen LogP) is 2.05. The van der Waals surface area contributed by atoms with Gasteiger partial charge in [0, 0.05) is 11.1 Å². The van der Waals surface area contributed by atoms with Crippen LogP contribution in [0.1, 0.15) is 11.3 Å². The molecule has 0 atom stereocenters. The molecule has 1 aromatic heterocycles. The zero-order valence-electron chi connectivity index (χ0n) is 9.66. The lowest BCUT2D eigenvalue weighted by atomic mass is 10.1. The molecule has 1 aromatic carbocycles. The molecule has 0 fully saturated rings. The molecule has 0 aliphatic heterocycles. The van der Waals surface area contributed by atoms with E-state index in [0.29, 0.717) is 6.54 Å². The summed E-state index contributed by atoms with van der Waals surface area (Å²) in [7, 11) is 1.67. The minimum Gasteiger partial charge on any atom is -0.497 e. The molecule has 1 heterocycles. The summed E-state index contributed by atoms with van der Waals surface area (Å²) in [4.78, 5) is 4.56. The Morgan fingerprint density at radius 1 is 1.31 bits per heavy atom. The first kappa shape index (κ1) is 10.9. The van der Waals surface area contributed by atoms with Gasteiger partial charge in [-0.05, 0) is 49.7 Å². The fraction of sp³-hybridized carbons (Fsp3) is 0.308. The average molecular weight is 216 g/mol. The third kappa shape index (κ3) is 1.99. The normalized spacial score (nSPS) is 10.7. The van der Waals surface area contributed by atoms with E-state index in [2.05, 4.69) is 11.1 Å². The van der Waals surface area contributed by atoms with Crippen LogP contribution < -0.4 is 10.5 Å². The minimum atomic E-state index is 0.651. The number of fused-ring (bicyclic) bond motifs is 1. The van der Waals surface area contributed by atoms with Crippen molar-refractivity contribution >= 4 is 10.9 Å². The molecule has 0 bridgehead atoms. The molecule has 0 spiro atoms. The van der Waals surface area contributed by atoms with Gasteiger partial charge in [0.25, 0.3) is 0 Å². The SMILES string of the molecule is COc1ccc2nc(C)c(CCN)cc2c1. The Kier molecular flexibility index (Phi) is 3.06. The van der Waals surface area contributed by atoms with Gasteiger partial charge in [-0.25, -0.2) is 0 Å². The molecule has 84 valence electrons. The first-order chi connectivity index (χ1) is 7.74. The lowest BCUT2D eigenvalue weighted by molar-refractivity contribution is 0.415. The number of methoxy groups -OCH3 is 1. The number of nitrogens with two attached hydrogens (primary N) is 1. The van der Waals surface area contributed by atoms with E-state index in [-0.39, 0.29) is 0 Å². The molecule has 2 aromatic rings. The van der Waals surface area contributed by atoms with Crippen molar-refractivity contribution in [3.05, 3.63) is 35.5 Å². The molecule has 0 aliphatic carbocycles. The summed E-state index contributed by atoms with van der Waals surface area (Å²) >= 11 is 0. The Morgan fingerprint density at radius 2 is 2.12 bits per heavy atom. The molecular weight excluding hydrogens is 200 g/mol. The van der Waals surface area contributed by atoms with E-state index in [1.165, 1.54) is 5.56 Å². The lowest BCUT2D eigenvalue weighted by Gasteiger charge is -2.07. The molecule has 0 amide bonds. The molecule has 0 saturated carbocycles. The van der Waals surface area contributed by atoms with Crippen LogP contribution >= 0.6 is 0 Å². The third-order valence-electron chi connectivity index (χ3n) is 2.73. The Hall–Kier alpha value is -1.61. The van der Waals surface area contributed by atoms with Crippen LogP contribution in [-0.2, 0) is 6.42 Å². The first-order valence-electron chi connectivity index (χ1n) is 5.39. The van der Waals surface area contributed by atoms with E-state index in [1.807, 2.05) is 25.1 Å². The lowest BCUT2D eigenvalue weighted by Crippen LogP contribution is -2.05. The topological polar surface area (TPSA) is 48.1 Å². The van der Waals surface area contributed by atoms with Crippen LogP contribution in [0, 0.1) is 6.92 Å². The second kappa shape index (κ2) is 4.49. The van der Waals surface area contributed by atoms with Gasteiger partial charge in [0.05, 0.1) is 12.6 Å². The summed E-state index contributed by atoms with van der Waals surface area (Å²) in [6.45, 7) is 2.67. The van der Waals surface area contributed by atoms with Crippen molar-refractivity contribution in [1.82, 2.24) is 4.98 Å². The van der Waals surface area contributed by atoms with E-state index in [4.69, 9.17) is 10.5 Å². The molecule has 3 heteroatoms. The summed E-state index contributed by atoms with van der Waals surface area (Å²) < 4.78 is 5.20. The molecule has 2 N–H and O–H groups in total. The standard InChI is InChI=1S/C13H16N2O/c1-9-10(5-6-14)7-11-8-12(16-2)3-4-13(11)15-9/h3-4,7-8H,5-6,14H2,1-2H3. The maximum atomic E-state index is 5.58. The van der Waals surface area contributed by atoms with Crippen molar-refractivity contribution in [3.8, 4) is 5.75 Å². The summed E-state index contributed by atoms with van der Waals surface area (Å²) in [6, 6.07) is 8.06. The van der Waals surface area contributed by atoms with Crippen LogP contribution in [0.15, 0.2) is 24.3 Å². The number of pyridine rings is 1. The molecule has 0 radical (unpaired) electrons. The van der Waals surface area contributed by atoms with E-state index in [0.717, 1.165) is 28.8 Å². The summed E-state index contributed by atoms with van der Waals surface area (Å²) in [6.07, 6.45) is 0.867. The Labute approximate surface area is 95.2 Å². The molecule has 2 rings (SSSR count). The zero-order chi connectivity index (χ0) is 11.5. The van der Waals surface area contributed by atoms with Crippen molar-refractivity contribution in [2.45, 2.75) is 13.3 Å². The number of hydrogen-bond acceptors (Lipinski definition) is 3. The first-order valence-corrected chi connectivity index (χ1v) is 5.39. The smallest absolute Gasteiger partial charge is 0.119 e. The van der Waals surface area contributed by atoms with Gasteiger partial charge in [0.15, 0.2) is 0 Å². The molecule has 0 saturated heterocycles. The van der Waals surface area contributed by atoms with E-state index >= 15 is 0 Å². The van der Waals surface area contributed by atoms with Gasteiger partial charge in [0.1, 0.15) is 5.75 Å². The fourth-order valence-electron chi connectivity index (χ4n) is 1.83. The highest BCUT2D eigenvalue weighted by atomic mass is 16.5. The number of nitrogens with zero attached hydrogens (tertiary/aromatic N) is 1. The van der Waals surface area contributed by atoms with Crippen molar-refractivity contribution in [2.75, 3.05) is 13.7 Å². The van der Waals surface area contributed by atoms with Gasteiger partial charge in [0.2, 0.25) is 0 Å². The van der Waals surface area contributed by atoms with Crippen LogP contribution in [0.25, 0.3) is 10.9 Å². The summed E-state index contributed by atoms with van der Waals surface area (Å²) in [5.74, 6) is 0.858. The minimum absolute atomic E-state index is 0.651. The number of hydrogen-bond donors (Lipinski definition) is 1. The monoisotopic (exact) mass is 216 g/mol. The molecule has 16 heavy (non-hydrogen) atoms. The van der Waals surface area contributed by atoms with E-state index < -0.39 is 0 Å². The van der Waals surface area contributed by atoms with Gasteiger partial charge in [-0.15, -0.1) is 0 Å². The Morgan fingerprint density at radius 3 is 2.81 bits per heavy atom. The quantitative estimate of drug-likeness (QED) is 0.854. The predicted molar refractivity (Wildman–Crippen MR) is 65.8 cm³/mol. The van der Waals surface area contributed by atoms with Crippen LogP contribution in [0.5, 0.6) is 5.75 Å². The van der Waals surface area contributed by atoms with Crippen molar-refractivity contribution in [1.29, 1.82) is 0 Å². The molecule has 0 aliphatic rings. The van der Waals surface area contributed by atoms with Crippen molar-refractivity contribution in [3.63, 3.8) is 0 Å². The van der Waals surface area contributed by atoms with Crippen molar-refractivity contribution < 1.29 is 4.74 Å². The maximum Gasteiger partial charge on any atom is 0.119 e.